The first-order valence-electron chi connectivity index (χ1n) is 8.55. The summed E-state index contributed by atoms with van der Waals surface area (Å²) < 4.78 is 10.8. The Kier molecular flexibility index (Phi) is 7.44. The third-order valence-corrected chi connectivity index (χ3v) is 9.26. The van der Waals surface area contributed by atoms with Crippen LogP contribution in [0.4, 0.5) is 0 Å². The van der Waals surface area contributed by atoms with E-state index in [1.54, 1.807) is 0 Å². The molecule has 0 N–H and O–H groups in total. The van der Waals surface area contributed by atoms with Crippen molar-refractivity contribution in [1.29, 1.82) is 0 Å². The van der Waals surface area contributed by atoms with Crippen molar-refractivity contribution in [2.24, 2.45) is 0 Å². The molecule has 0 unspecified atom stereocenters. The lowest BCUT2D eigenvalue weighted by Gasteiger charge is -2.37. The third kappa shape index (κ3) is 6.25. The lowest BCUT2D eigenvalue weighted by Crippen LogP contribution is -2.43. The van der Waals surface area contributed by atoms with Gasteiger partial charge < -0.3 is 9.16 Å². The monoisotopic (exact) mass is 350 g/mol. The van der Waals surface area contributed by atoms with Gasteiger partial charge in [0.2, 0.25) is 0 Å². The molecular formula is C19H30O4Si. The summed E-state index contributed by atoms with van der Waals surface area (Å²) in [6, 6.07) is 0. The molecule has 0 heterocycles. The fraction of sp³-hybridized carbons (Fsp3) is 0.684. The highest BCUT2D eigenvalue weighted by Gasteiger charge is 2.40. The molecule has 1 aliphatic rings. The van der Waals surface area contributed by atoms with Gasteiger partial charge in [0.1, 0.15) is 0 Å². The van der Waals surface area contributed by atoms with E-state index in [1.165, 1.54) is 7.11 Å². The minimum absolute atomic E-state index is 0.0625. The number of hydrogen-bond acceptors (Lipinski definition) is 4. The van der Waals surface area contributed by atoms with Gasteiger partial charge in [-0.05, 0) is 49.0 Å². The maximum atomic E-state index is 12.1. The largest absolute Gasteiger partial charge is 0.459 e. The Morgan fingerprint density at radius 3 is 2.58 bits per heavy atom. The highest BCUT2D eigenvalue weighted by molar-refractivity contribution is 6.74. The zero-order valence-electron chi connectivity index (χ0n) is 15.8. The second-order valence-corrected chi connectivity index (χ2v) is 12.5. The Bertz CT molecular complexity index is 558. The lowest BCUT2D eigenvalue weighted by molar-refractivity contribution is -0.133. The van der Waals surface area contributed by atoms with E-state index in [-0.39, 0.29) is 16.9 Å². The molecule has 0 fully saturated rings. The zero-order chi connectivity index (χ0) is 18.4. The summed E-state index contributed by atoms with van der Waals surface area (Å²) in [5, 5.41) is 0.144. The van der Waals surface area contributed by atoms with Gasteiger partial charge in [-0.3, -0.25) is 4.79 Å². The molecule has 1 atom stereocenters. The van der Waals surface area contributed by atoms with Crippen LogP contribution < -0.4 is 0 Å². The molecule has 0 radical (unpaired) electrons. The van der Waals surface area contributed by atoms with Crippen molar-refractivity contribution < 1.29 is 18.8 Å². The van der Waals surface area contributed by atoms with Gasteiger partial charge in [0.15, 0.2) is 14.1 Å². The second kappa shape index (κ2) is 8.64. The van der Waals surface area contributed by atoms with Crippen LogP contribution in [0.3, 0.4) is 0 Å². The Hall–Kier alpha value is -1.38. The maximum Gasteiger partial charge on any atom is 0.384 e. The number of esters is 1. The van der Waals surface area contributed by atoms with Gasteiger partial charge in [-0.2, -0.15) is 0 Å². The van der Waals surface area contributed by atoms with Gasteiger partial charge in [-0.25, -0.2) is 4.79 Å². The van der Waals surface area contributed by atoms with Crippen LogP contribution in [-0.4, -0.2) is 33.3 Å². The highest BCUT2D eigenvalue weighted by atomic mass is 28.4. The number of ketones is 1. The summed E-state index contributed by atoms with van der Waals surface area (Å²) in [6.07, 6.45) is 5.58. The van der Waals surface area contributed by atoms with E-state index < -0.39 is 14.3 Å². The number of ether oxygens (including phenoxy) is 1. The SMILES string of the molecule is COC(=O)C#CCCCCC1=C[C@H](O[Si](C)(C)C(C)(C)C)CC1=O. The van der Waals surface area contributed by atoms with E-state index in [0.29, 0.717) is 12.8 Å². The topological polar surface area (TPSA) is 52.6 Å². The van der Waals surface area contributed by atoms with Crippen molar-refractivity contribution in [2.75, 3.05) is 7.11 Å². The number of carbonyl (C=O) groups is 2. The summed E-state index contributed by atoms with van der Waals surface area (Å²) in [5.74, 6) is 4.89. The van der Waals surface area contributed by atoms with Crippen molar-refractivity contribution in [2.45, 2.75) is 77.1 Å². The van der Waals surface area contributed by atoms with Crippen molar-refractivity contribution in [3.63, 3.8) is 0 Å². The second-order valence-electron chi connectivity index (χ2n) is 7.74. The summed E-state index contributed by atoms with van der Waals surface area (Å²) in [6.45, 7) is 11.0. The standard InChI is InChI=1S/C19H30O4Si/c1-19(2,3)24(5,6)23-16-13-15(17(20)14-16)11-9-7-8-10-12-18(21)22-4/h13,16H,7-9,11,14H2,1-6H3/t16-/m0/s1. The average Bonchev–Trinajstić information content (AvgIpc) is 2.80. The summed E-state index contributed by atoms with van der Waals surface area (Å²) in [7, 11) is -0.534. The van der Waals surface area contributed by atoms with E-state index in [1.807, 2.05) is 6.08 Å². The number of unbranched alkanes of at least 4 members (excludes halogenated alkanes) is 2. The van der Waals surface area contributed by atoms with Crippen molar-refractivity contribution in [3.8, 4) is 11.8 Å². The Labute approximate surface area is 147 Å². The van der Waals surface area contributed by atoms with E-state index in [2.05, 4.69) is 50.4 Å². The van der Waals surface area contributed by atoms with E-state index in [4.69, 9.17) is 4.43 Å². The average molecular weight is 351 g/mol. The fourth-order valence-corrected chi connectivity index (χ4v) is 3.52. The van der Waals surface area contributed by atoms with Crippen LogP contribution in [0.15, 0.2) is 11.6 Å². The Morgan fingerprint density at radius 2 is 2.00 bits per heavy atom. The van der Waals surface area contributed by atoms with E-state index in [0.717, 1.165) is 24.8 Å². The lowest BCUT2D eigenvalue weighted by atomic mass is 10.1. The molecule has 4 nitrogen and oxygen atoms in total. The maximum absolute atomic E-state index is 12.1. The quantitative estimate of drug-likeness (QED) is 0.239. The minimum atomic E-state index is -1.85. The summed E-state index contributed by atoms with van der Waals surface area (Å²) >= 11 is 0. The van der Waals surface area contributed by atoms with E-state index >= 15 is 0 Å². The van der Waals surface area contributed by atoms with Crippen molar-refractivity contribution >= 4 is 20.1 Å². The van der Waals surface area contributed by atoms with Gasteiger partial charge in [0.25, 0.3) is 0 Å². The molecule has 0 spiro atoms. The molecule has 134 valence electrons. The molecule has 1 rings (SSSR count). The predicted molar refractivity (Wildman–Crippen MR) is 98.0 cm³/mol. The number of methoxy groups -OCH3 is 1. The Balaban J connectivity index is 2.45. The molecule has 24 heavy (non-hydrogen) atoms. The summed E-state index contributed by atoms with van der Waals surface area (Å²) in [5.41, 5.74) is 0.889. The molecule has 0 bridgehead atoms. The fourth-order valence-electron chi connectivity index (χ4n) is 2.26. The van der Waals surface area contributed by atoms with Gasteiger partial charge in [-0.1, -0.05) is 26.7 Å². The zero-order valence-corrected chi connectivity index (χ0v) is 16.8. The van der Waals surface area contributed by atoms with Crippen LogP contribution in [0.2, 0.25) is 18.1 Å². The van der Waals surface area contributed by atoms with E-state index in [9.17, 15) is 9.59 Å². The molecule has 0 amide bonds. The van der Waals surface area contributed by atoms with Crippen LogP contribution in [0.25, 0.3) is 0 Å². The number of Topliss-reactive ketones (excluding diaryl/α,β-unsaturated/α-hetero) is 1. The van der Waals surface area contributed by atoms with Crippen LogP contribution in [0.1, 0.15) is 52.9 Å². The molecular weight excluding hydrogens is 320 g/mol. The molecule has 0 aromatic rings. The molecule has 0 aliphatic heterocycles. The van der Waals surface area contributed by atoms with Crippen LogP contribution in [0, 0.1) is 11.8 Å². The first-order chi connectivity index (χ1) is 11.1. The van der Waals surface area contributed by atoms with Gasteiger partial charge >= 0.3 is 5.97 Å². The number of carbonyl (C=O) groups excluding carboxylic acids is 2. The minimum Gasteiger partial charge on any atom is -0.459 e. The van der Waals surface area contributed by atoms with Crippen LogP contribution in [-0.2, 0) is 18.8 Å². The number of rotatable bonds is 6. The molecule has 0 saturated carbocycles. The first kappa shape index (κ1) is 20.7. The van der Waals surface area contributed by atoms with Crippen LogP contribution >= 0.6 is 0 Å². The molecule has 0 aromatic heterocycles. The number of hydrogen-bond donors (Lipinski definition) is 0. The molecule has 1 aliphatic carbocycles. The third-order valence-electron chi connectivity index (χ3n) is 4.76. The van der Waals surface area contributed by atoms with Gasteiger partial charge in [0.05, 0.1) is 13.2 Å². The molecule has 0 saturated heterocycles. The van der Waals surface area contributed by atoms with Crippen molar-refractivity contribution in [3.05, 3.63) is 11.6 Å². The normalized spacial score (nSPS) is 18.0. The smallest absolute Gasteiger partial charge is 0.384 e. The van der Waals surface area contributed by atoms with Crippen molar-refractivity contribution in [1.82, 2.24) is 0 Å². The summed E-state index contributed by atoms with van der Waals surface area (Å²) in [4.78, 5) is 23.0. The number of allylic oxidation sites excluding steroid dienone is 1. The van der Waals surface area contributed by atoms with Gasteiger partial charge in [0, 0.05) is 18.8 Å². The predicted octanol–water partition coefficient (Wildman–Crippen LogP) is 4.01. The molecule has 5 heteroatoms. The first-order valence-corrected chi connectivity index (χ1v) is 11.5. The Morgan fingerprint density at radius 1 is 1.33 bits per heavy atom. The van der Waals surface area contributed by atoms with Crippen LogP contribution in [0.5, 0.6) is 0 Å². The highest BCUT2D eigenvalue weighted by Crippen LogP contribution is 2.39. The molecule has 0 aromatic carbocycles. The van der Waals surface area contributed by atoms with Gasteiger partial charge in [-0.15, -0.1) is 0 Å².